The van der Waals surface area contributed by atoms with Crippen molar-refractivity contribution in [1.29, 1.82) is 0 Å². The average molecular weight is 343 g/mol. The van der Waals surface area contributed by atoms with Gasteiger partial charge in [0.25, 0.3) is 0 Å². The number of rotatable bonds is 2. The molecule has 106 valence electrons. The molecule has 0 radical (unpaired) electrons. The lowest BCUT2D eigenvalue weighted by Gasteiger charge is -2.18. The van der Waals surface area contributed by atoms with E-state index in [1.54, 1.807) is 0 Å². The van der Waals surface area contributed by atoms with Gasteiger partial charge in [-0.3, -0.25) is 0 Å². The van der Waals surface area contributed by atoms with E-state index in [9.17, 15) is 4.79 Å². The van der Waals surface area contributed by atoms with Crippen LogP contribution in [0.1, 0.15) is 28.7 Å². The summed E-state index contributed by atoms with van der Waals surface area (Å²) in [6, 6.07) is 16.0. The molecule has 1 aliphatic heterocycles. The first-order valence-electron chi connectivity index (χ1n) is 6.78. The van der Waals surface area contributed by atoms with Gasteiger partial charge < -0.3 is 4.74 Å². The number of cyclic esters (lactones) is 1. The van der Waals surface area contributed by atoms with Crippen molar-refractivity contribution in [2.45, 2.75) is 18.9 Å². The second-order valence-electron chi connectivity index (χ2n) is 5.29. The molecule has 0 amide bonds. The SMILES string of the molecule is C=C1C(=O)OC(c2ccc(Br)cc2)C1c1ccc(C)cc1. The van der Waals surface area contributed by atoms with Crippen molar-refractivity contribution in [3.05, 3.63) is 81.8 Å². The highest BCUT2D eigenvalue weighted by Gasteiger charge is 2.40. The summed E-state index contributed by atoms with van der Waals surface area (Å²) >= 11 is 3.42. The maximum Gasteiger partial charge on any atom is 0.334 e. The number of carbonyl (C=O) groups excluding carboxylic acids is 1. The number of hydrogen-bond donors (Lipinski definition) is 0. The lowest BCUT2D eigenvalue weighted by molar-refractivity contribution is -0.139. The summed E-state index contributed by atoms with van der Waals surface area (Å²) in [7, 11) is 0. The molecule has 3 heteroatoms. The van der Waals surface area contributed by atoms with Crippen molar-refractivity contribution in [1.82, 2.24) is 0 Å². The second kappa shape index (κ2) is 5.49. The van der Waals surface area contributed by atoms with Crippen LogP contribution in [0.25, 0.3) is 0 Å². The minimum Gasteiger partial charge on any atom is -0.453 e. The molecular formula is C18H15BrO2. The van der Waals surface area contributed by atoms with Crippen LogP contribution in [0.15, 0.2) is 65.2 Å². The van der Waals surface area contributed by atoms with Gasteiger partial charge in [-0.1, -0.05) is 64.5 Å². The van der Waals surface area contributed by atoms with Crippen LogP contribution in [0, 0.1) is 6.92 Å². The van der Waals surface area contributed by atoms with Crippen molar-refractivity contribution in [2.24, 2.45) is 0 Å². The van der Waals surface area contributed by atoms with Crippen molar-refractivity contribution in [2.75, 3.05) is 0 Å². The standard InChI is InChI=1S/C18H15BrO2/c1-11-3-5-13(6-4-11)16-12(2)18(20)21-17(16)14-7-9-15(19)10-8-14/h3-10,16-17H,2H2,1H3. The molecule has 0 spiro atoms. The van der Waals surface area contributed by atoms with Gasteiger partial charge in [0.15, 0.2) is 0 Å². The molecule has 2 atom stereocenters. The first-order chi connectivity index (χ1) is 10.1. The lowest BCUT2D eigenvalue weighted by atomic mass is 9.86. The Morgan fingerprint density at radius 3 is 2.19 bits per heavy atom. The Labute approximate surface area is 132 Å². The van der Waals surface area contributed by atoms with Crippen LogP contribution in [0.2, 0.25) is 0 Å². The quantitative estimate of drug-likeness (QED) is 0.584. The molecule has 1 heterocycles. The molecule has 2 unspecified atom stereocenters. The van der Waals surface area contributed by atoms with Gasteiger partial charge in [-0.25, -0.2) is 4.79 Å². The van der Waals surface area contributed by atoms with Crippen LogP contribution in [0.5, 0.6) is 0 Å². The Morgan fingerprint density at radius 1 is 1.00 bits per heavy atom. The second-order valence-corrected chi connectivity index (χ2v) is 6.21. The third-order valence-electron chi connectivity index (χ3n) is 3.81. The summed E-state index contributed by atoms with van der Waals surface area (Å²) in [5, 5.41) is 0. The summed E-state index contributed by atoms with van der Waals surface area (Å²) in [6.07, 6.45) is -0.305. The van der Waals surface area contributed by atoms with Crippen LogP contribution in [-0.2, 0) is 9.53 Å². The van der Waals surface area contributed by atoms with Crippen molar-refractivity contribution >= 4 is 21.9 Å². The van der Waals surface area contributed by atoms with E-state index in [4.69, 9.17) is 4.74 Å². The Balaban J connectivity index is 2.02. The topological polar surface area (TPSA) is 26.3 Å². The zero-order valence-corrected chi connectivity index (χ0v) is 13.3. The lowest BCUT2D eigenvalue weighted by Crippen LogP contribution is -2.07. The molecule has 0 saturated carbocycles. The molecule has 2 aromatic rings. The molecule has 0 aromatic heterocycles. The summed E-state index contributed by atoms with van der Waals surface area (Å²) in [5.41, 5.74) is 3.75. The third kappa shape index (κ3) is 2.66. The Kier molecular flexibility index (Phi) is 3.68. The van der Waals surface area contributed by atoms with Gasteiger partial charge in [-0.2, -0.15) is 0 Å². The number of esters is 1. The van der Waals surface area contributed by atoms with Crippen molar-refractivity contribution < 1.29 is 9.53 Å². The predicted octanol–water partition coefficient (Wildman–Crippen LogP) is 4.70. The number of hydrogen-bond acceptors (Lipinski definition) is 2. The molecule has 1 saturated heterocycles. The Morgan fingerprint density at radius 2 is 1.57 bits per heavy atom. The molecule has 21 heavy (non-hydrogen) atoms. The molecule has 0 N–H and O–H groups in total. The number of aryl methyl sites for hydroxylation is 1. The smallest absolute Gasteiger partial charge is 0.334 e. The van der Waals surface area contributed by atoms with Crippen LogP contribution in [-0.4, -0.2) is 5.97 Å². The van der Waals surface area contributed by atoms with Crippen LogP contribution in [0.3, 0.4) is 0 Å². The van der Waals surface area contributed by atoms with E-state index in [0.717, 1.165) is 15.6 Å². The minimum atomic E-state index is -0.312. The fourth-order valence-corrected chi connectivity index (χ4v) is 2.90. The zero-order chi connectivity index (χ0) is 15.0. The normalized spacial score (nSPS) is 21.4. The third-order valence-corrected chi connectivity index (χ3v) is 4.34. The minimum absolute atomic E-state index is 0.126. The Bertz CT molecular complexity index is 686. The van der Waals surface area contributed by atoms with Gasteiger partial charge in [0, 0.05) is 10.0 Å². The monoisotopic (exact) mass is 342 g/mol. The largest absolute Gasteiger partial charge is 0.453 e. The number of benzene rings is 2. The summed E-state index contributed by atoms with van der Waals surface area (Å²) < 4.78 is 6.54. The van der Waals surface area contributed by atoms with E-state index in [-0.39, 0.29) is 18.0 Å². The van der Waals surface area contributed by atoms with Crippen molar-refractivity contribution in [3.8, 4) is 0 Å². The van der Waals surface area contributed by atoms with Gasteiger partial charge in [0.1, 0.15) is 6.10 Å². The van der Waals surface area contributed by atoms with E-state index in [2.05, 4.69) is 22.5 Å². The number of carbonyl (C=O) groups is 1. The zero-order valence-electron chi connectivity index (χ0n) is 11.7. The molecule has 2 nitrogen and oxygen atoms in total. The first-order valence-corrected chi connectivity index (χ1v) is 7.57. The predicted molar refractivity (Wildman–Crippen MR) is 86.0 cm³/mol. The molecule has 1 fully saturated rings. The molecule has 1 aliphatic rings. The van der Waals surface area contributed by atoms with Gasteiger partial charge in [-0.05, 0) is 30.2 Å². The summed E-state index contributed by atoms with van der Waals surface area (Å²) in [4.78, 5) is 11.9. The van der Waals surface area contributed by atoms with Gasteiger partial charge in [-0.15, -0.1) is 0 Å². The van der Waals surface area contributed by atoms with Gasteiger partial charge in [0.2, 0.25) is 0 Å². The highest BCUT2D eigenvalue weighted by Crippen LogP contribution is 2.45. The fourth-order valence-electron chi connectivity index (χ4n) is 2.63. The highest BCUT2D eigenvalue weighted by molar-refractivity contribution is 9.10. The Hall–Kier alpha value is -1.87. The van der Waals surface area contributed by atoms with Crippen LogP contribution >= 0.6 is 15.9 Å². The van der Waals surface area contributed by atoms with Crippen LogP contribution < -0.4 is 0 Å². The molecule has 3 rings (SSSR count). The van der Waals surface area contributed by atoms with E-state index in [1.807, 2.05) is 55.5 Å². The summed E-state index contributed by atoms with van der Waals surface area (Å²) in [6.45, 7) is 5.97. The highest BCUT2D eigenvalue weighted by atomic mass is 79.9. The fraction of sp³-hybridized carbons (Fsp3) is 0.167. The van der Waals surface area contributed by atoms with Crippen LogP contribution in [0.4, 0.5) is 0 Å². The van der Waals surface area contributed by atoms with E-state index in [1.165, 1.54) is 5.56 Å². The maximum absolute atomic E-state index is 11.9. The van der Waals surface area contributed by atoms with Gasteiger partial charge in [0.05, 0.1) is 5.92 Å². The van der Waals surface area contributed by atoms with Crippen molar-refractivity contribution in [3.63, 3.8) is 0 Å². The first kappa shape index (κ1) is 14.1. The molecular weight excluding hydrogens is 328 g/mol. The molecule has 0 aliphatic carbocycles. The van der Waals surface area contributed by atoms with Gasteiger partial charge >= 0.3 is 5.97 Å². The molecule has 0 bridgehead atoms. The van der Waals surface area contributed by atoms with E-state index >= 15 is 0 Å². The summed E-state index contributed by atoms with van der Waals surface area (Å²) in [5.74, 6) is -0.437. The van der Waals surface area contributed by atoms with E-state index < -0.39 is 0 Å². The average Bonchev–Trinajstić information content (AvgIpc) is 2.77. The number of ether oxygens (including phenoxy) is 1. The van der Waals surface area contributed by atoms with E-state index in [0.29, 0.717) is 5.57 Å². The number of halogens is 1. The molecule has 2 aromatic carbocycles. The maximum atomic E-state index is 11.9.